The fourth-order valence-electron chi connectivity index (χ4n) is 1.63. The zero-order valence-electron chi connectivity index (χ0n) is 13.1. The van der Waals surface area contributed by atoms with Crippen molar-refractivity contribution < 1.29 is 13.2 Å². The highest BCUT2D eigenvalue weighted by Gasteiger charge is 2.11. The Labute approximate surface area is 127 Å². The molecule has 6 heteroatoms. The summed E-state index contributed by atoms with van der Waals surface area (Å²) in [5, 5.41) is 5.59. The minimum atomic E-state index is -3.15. The molecule has 118 valence electrons. The maximum atomic E-state index is 11.6. The van der Waals surface area contributed by atoms with E-state index in [1.54, 1.807) is 24.3 Å². The van der Waals surface area contributed by atoms with Crippen LogP contribution in [0.1, 0.15) is 26.3 Å². The number of nitrogens with one attached hydrogen (secondary N) is 2. The maximum absolute atomic E-state index is 11.6. The van der Waals surface area contributed by atoms with Gasteiger partial charge in [0.25, 0.3) is 0 Å². The van der Waals surface area contributed by atoms with E-state index in [0.29, 0.717) is 24.4 Å². The average Bonchev–Trinajstić information content (AvgIpc) is 2.35. The van der Waals surface area contributed by atoms with Crippen molar-refractivity contribution in [3.8, 4) is 0 Å². The lowest BCUT2D eigenvalue weighted by Gasteiger charge is -2.18. The molecule has 1 aromatic rings. The second kappa shape index (κ2) is 6.93. The third-order valence-electron chi connectivity index (χ3n) is 2.83. The van der Waals surface area contributed by atoms with Crippen molar-refractivity contribution in [2.75, 3.05) is 19.3 Å². The van der Waals surface area contributed by atoms with Crippen LogP contribution in [0.25, 0.3) is 0 Å². The Morgan fingerprint density at radius 2 is 1.67 bits per heavy atom. The highest BCUT2D eigenvalue weighted by molar-refractivity contribution is 7.90. The van der Waals surface area contributed by atoms with Gasteiger partial charge in [-0.25, -0.2) is 13.2 Å². The fraction of sp³-hybridized carbons (Fsp3) is 0.533. The van der Waals surface area contributed by atoms with E-state index in [0.717, 1.165) is 5.56 Å². The first-order valence-corrected chi connectivity index (χ1v) is 8.78. The minimum absolute atomic E-state index is 0.0544. The van der Waals surface area contributed by atoms with Crippen LogP contribution in [0.15, 0.2) is 29.2 Å². The number of hydrogen-bond donors (Lipinski definition) is 2. The van der Waals surface area contributed by atoms with Crippen LogP contribution in [0.3, 0.4) is 0 Å². The van der Waals surface area contributed by atoms with Gasteiger partial charge in [-0.2, -0.15) is 0 Å². The molecule has 0 spiro atoms. The van der Waals surface area contributed by atoms with Crippen molar-refractivity contribution in [1.82, 2.24) is 10.6 Å². The number of rotatable bonds is 5. The van der Waals surface area contributed by atoms with Crippen LogP contribution in [0.2, 0.25) is 0 Å². The van der Waals surface area contributed by atoms with Crippen LogP contribution < -0.4 is 10.6 Å². The van der Waals surface area contributed by atoms with Gasteiger partial charge in [0, 0.05) is 19.3 Å². The summed E-state index contributed by atoms with van der Waals surface area (Å²) in [4.78, 5) is 11.9. The van der Waals surface area contributed by atoms with E-state index in [1.165, 1.54) is 6.26 Å². The number of sulfone groups is 1. The lowest BCUT2D eigenvalue weighted by atomic mass is 9.97. The summed E-state index contributed by atoms with van der Waals surface area (Å²) < 4.78 is 22.7. The van der Waals surface area contributed by atoms with E-state index in [4.69, 9.17) is 0 Å². The Kier molecular flexibility index (Phi) is 5.78. The molecule has 0 aliphatic carbocycles. The largest absolute Gasteiger partial charge is 0.338 e. The molecular formula is C15H24N2O3S. The molecule has 5 nitrogen and oxygen atoms in total. The molecule has 1 aromatic carbocycles. The summed E-state index contributed by atoms with van der Waals surface area (Å²) in [7, 11) is -3.15. The van der Waals surface area contributed by atoms with Crippen molar-refractivity contribution in [2.24, 2.45) is 5.41 Å². The van der Waals surface area contributed by atoms with Gasteiger partial charge in [0.2, 0.25) is 0 Å². The van der Waals surface area contributed by atoms with E-state index in [9.17, 15) is 13.2 Å². The van der Waals surface area contributed by atoms with E-state index in [2.05, 4.69) is 31.4 Å². The predicted octanol–water partition coefficient (Wildman–Crippen LogP) is 1.98. The third kappa shape index (κ3) is 7.13. The second-order valence-corrected chi connectivity index (χ2v) is 8.35. The summed E-state index contributed by atoms with van der Waals surface area (Å²) in [6, 6.07) is 6.53. The summed E-state index contributed by atoms with van der Waals surface area (Å²) in [6.07, 6.45) is 1.84. The Hall–Kier alpha value is -1.56. The lowest BCUT2D eigenvalue weighted by Crippen LogP contribution is -2.40. The smallest absolute Gasteiger partial charge is 0.314 e. The minimum Gasteiger partial charge on any atom is -0.338 e. The molecule has 0 aliphatic heterocycles. The van der Waals surface area contributed by atoms with Gasteiger partial charge in [0.05, 0.1) is 4.90 Å². The zero-order valence-corrected chi connectivity index (χ0v) is 13.9. The number of hydrogen-bond acceptors (Lipinski definition) is 3. The third-order valence-corrected chi connectivity index (χ3v) is 3.96. The molecule has 2 N–H and O–H groups in total. The molecule has 0 unspecified atom stereocenters. The molecule has 0 saturated carbocycles. The summed E-state index contributed by atoms with van der Waals surface area (Å²) in [5.74, 6) is 0. The van der Waals surface area contributed by atoms with Gasteiger partial charge < -0.3 is 10.6 Å². The van der Waals surface area contributed by atoms with Crippen molar-refractivity contribution >= 4 is 15.9 Å². The van der Waals surface area contributed by atoms with Gasteiger partial charge in [0.1, 0.15) is 0 Å². The highest BCUT2D eigenvalue weighted by Crippen LogP contribution is 2.11. The van der Waals surface area contributed by atoms with Gasteiger partial charge in [-0.1, -0.05) is 32.9 Å². The molecule has 0 heterocycles. The topological polar surface area (TPSA) is 75.3 Å². The highest BCUT2D eigenvalue weighted by atomic mass is 32.2. The molecule has 0 radical (unpaired) electrons. The number of carbonyl (C=O) groups excluding carboxylic acids is 1. The Bertz CT molecular complexity index is 572. The molecule has 0 atom stereocenters. The Balaban J connectivity index is 2.38. The fourth-order valence-corrected chi connectivity index (χ4v) is 2.26. The number of benzene rings is 1. The van der Waals surface area contributed by atoms with Crippen molar-refractivity contribution in [3.05, 3.63) is 29.8 Å². The molecule has 0 bridgehead atoms. The first-order valence-electron chi connectivity index (χ1n) is 6.89. The molecule has 0 aromatic heterocycles. The van der Waals surface area contributed by atoms with Gasteiger partial charge >= 0.3 is 6.03 Å². The summed E-state index contributed by atoms with van der Waals surface area (Å²) in [6.45, 7) is 7.28. The number of urea groups is 1. The monoisotopic (exact) mass is 312 g/mol. The van der Waals surface area contributed by atoms with Gasteiger partial charge in [0.15, 0.2) is 9.84 Å². The molecule has 1 rings (SSSR count). The van der Waals surface area contributed by atoms with Gasteiger partial charge in [-0.3, -0.25) is 0 Å². The van der Waals surface area contributed by atoms with Crippen molar-refractivity contribution in [3.63, 3.8) is 0 Å². The van der Waals surface area contributed by atoms with Crippen LogP contribution in [0, 0.1) is 5.41 Å². The van der Waals surface area contributed by atoms with Crippen LogP contribution in [0.5, 0.6) is 0 Å². The first kappa shape index (κ1) is 17.5. The standard InChI is InChI=1S/C15H24N2O3S/c1-15(2,3)11-17-14(18)16-10-9-12-5-7-13(8-6-12)21(4,19)20/h5-8H,9-11H2,1-4H3,(H2,16,17,18). The van der Waals surface area contributed by atoms with Crippen LogP contribution in [0.4, 0.5) is 4.79 Å². The van der Waals surface area contributed by atoms with Crippen LogP contribution >= 0.6 is 0 Å². The summed E-state index contributed by atoms with van der Waals surface area (Å²) in [5.41, 5.74) is 1.04. The molecule has 0 aliphatic rings. The van der Waals surface area contributed by atoms with Crippen molar-refractivity contribution in [2.45, 2.75) is 32.1 Å². The van der Waals surface area contributed by atoms with E-state index >= 15 is 0 Å². The maximum Gasteiger partial charge on any atom is 0.314 e. The van der Waals surface area contributed by atoms with Crippen LogP contribution in [-0.4, -0.2) is 33.8 Å². The predicted molar refractivity (Wildman–Crippen MR) is 84.1 cm³/mol. The van der Waals surface area contributed by atoms with Gasteiger partial charge in [-0.15, -0.1) is 0 Å². The molecule has 2 amide bonds. The average molecular weight is 312 g/mol. The Morgan fingerprint density at radius 1 is 1.10 bits per heavy atom. The normalized spacial score (nSPS) is 12.0. The quantitative estimate of drug-likeness (QED) is 0.873. The lowest BCUT2D eigenvalue weighted by molar-refractivity contribution is 0.235. The SMILES string of the molecule is CC(C)(C)CNC(=O)NCCc1ccc(S(C)(=O)=O)cc1. The van der Waals surface area contributed by atoms with E-state index < -0.39 is 9.84 Å². The molecular weight excluding hydrogens is 288 g/mol. The van der Waals surface area contributed by atoms with E-state index in [1.807, 2.05) is 0 Å². The number of amides is 2. The molecule has 0 fully saturated rings. The van der Waals surface area contributed by atoms with Crippen molar-refractivity contribution in [1.29, 1.82) is 0 Å². The zero-order chi connectivity index (χ0) is 16.1. The van der Waals surface area contributed by atoms with Crippen LogP contribution in [-0.2, 0) is 16.3 Å². The number of carbonyl (C=O) groups is 1. The first-order chi connectivity index (χ1) is 9.58. The van der Waals surface area contributed by atoms with Gasteiger partial charge in [-0.05, 0) is 29.5 Å². The molecule has 0 saturated heterocycles. The Morgan fingerprint density at radius 3 is 2.14 bits per heavy atom. The van der Waals surface area contributed by atoms with E-state index in [-0.39, 0.29) is 11.4 Å². The molecule has 21 heavy (non-hydrogen) atoms. The second-order valence-electron chi connectivity index (χ2n) is 6.34. The summed E-state index contributed by atoms with van der Waals surface area (Å²) >= 11 is 0.